The molecule has 0 saturated heterocycles. The van der Waals surface area contributed by atoms with Gasteiger partial charge in [0.25, 0.3) is 0 Å². The van der Waals surface area contributed by atoms with Crippen LogP contribution < -0.4 is 21.2 Å². The molecular weight excluding hydrogens is 850 g/mol. The van der Waals surface area contributed by atoms with Crippen molar-refractivity contribution in [3.05, 3.63) is 193 Å². The Labute approximate surface area is 333 Å². The maximum Gasteiger partial charge on any atom is 2.00 e. The number of benzene rings is 6. The minimum absolute atomic E-state index is 0. The number of hydrogen-bond acceptors (Lipinski definition) is 2. The van der Waals surface area contributed by atoms with Gasteiger partial charge in [0.15, 0.2) is 0 Å². The summed E-state index contributed by atoms with van der Waals surface area (Å²) in [5.74, 6) is 0. The molecule has 0 unspecified atom stereocenters. The topological polar surface area (TPSA) is 47.6 Å². The van der Waals surface area contributed by atoms with Crippen molar-refractivity contribution in [1.29, 1.82) is 10.5 Å². The van der Waals surface area contributed by atoms with Crippen LogP contribution in [0.5, 0.6) is 0 Å². The third-order valence-electron chi connectivity index (χ3n) is 6.62. The second kappa shape index (κ2) is 27.0. The molecule has 0 amide bonds. The van der Waals surface area contributed by atoms with Crippen LogP contribution in [0.3, 0.4) is 0 Å². The van der Waals surface area contributed by atoms with Crippen LogP contribution in [0.1, 0.15) is 11.1 Å². The van der Waals surface area contributed by atoms with E-state index in [1.165, 1.54) is 33.5 Å². The molecule has 0 N–H and O–H groups in total. The molecule has 55 heavy (non-hydrogen) atoms. The molecule has 6 rings (SSSR count). The van der Waals surface area contributed by atoms with E-state index in [2.05, 4.69) is 121 Å². The van der Waals surface area contributed by atoms with Crippen molar-refractivity contribution in [3.8, 4) is 12.1 Å². The number of nitrogens with zero attached hydrogens (tertiary/aromatic N) is 2. The number of hydrogen-bond donors (Lipinski definition) is 0. The largest absolute Gasteiger partial charge is 2.00 e. The van der Waals surface area contributed by atoms with Crippen molar-refractivity contribution in [3.63, 3.8) is 0 Å². The Bertz CT molecular complexity index is 1700. The number of nitriles is 2. The third kappa shape index (κ3) is 23.7. The first kappa shape index (κ1) is 48.4. The first-order valence-corrected chi connectivity index (χ1v) is 19.2. The van der Waals surface area contributed by atoms with Crippen LogP contribution in [0.4, 0.5) is 34.5 Å². The van der Waals surface area contributed by atoms with E-state index in [0.717, 1.165) is 0 Å². The molecule has 0 aliphatic rings. The van der Waals surface area contributed by atoms with Crippen molar-refractivity contribution in [2.45, 2.75) is 0 Å². The van der Waals surface area contributed by atoms with Gasteiger partial charge in [0.2, 0.25) is 0 Å². The van der Waals surface area contributed by atoms with Crippen LogP contribution >= 0.6 is 15.8 Å². The normalized spacial score (nSPS) is 10.1. The number of halogens is 8. The molecule has 6 aromatic rings. The van der Waals surface area contributed by atoms with Crippen molar-refractivity contribution in [2.75, 3.05) is 12.3 Å². The van der Waals surface area contributed by atoms with Crippen molar-refractivity contribution in [1.82, 2.24) is 0 Å². The maximum atomic E-state index is 9.75. The Kier molecular flexibility index (Phi) is 23.8. The van der Waals surface area contributed by atoms with Gasteiger partial charge in [-0.3, -0.25) is 0 Å². The van der Waals surface area contributed by atoms with E-state index in [1.54, 1.807) is 24.3 Å². The molecule has 15 heteroatoms. The van der Waals surface area contributed by atoms with Gasteiger partial charge in [-0.2, -0.15) is 10.5 Å². The second-order valence-electron chi connectivity index (χ2n) is 10.6. The predicted octanol–water partition coefficient (Wildman–Crippen LogP) is 11.0. The molecule has 0 fully saturated rings. The molecule has 0 aliphatic heterocycles. The van der Waals surface area contributed by atoms with Gasteiger partial charge >= 0.3 is 34.9 Å². The Morgan fingerprint density at radius 3 is 0.655 bits per heavy atom. The van der Waals surface area contributed by atoms with E-state index in [4.69, 9.17) is 10.5 Å². The quantitative estimate of drug-likeness (QED) is 0.0911. The van der Waals surface area contributed by atoms with E-state index in [9.17, 15) is 34.5 Å². The molecule has 0 radical (unpaired) electrons. The monoisotopic (exact) mass is 884 g/mol. The zero-order valence-electron chi connectivity index (χ0n) is 29.0. The summed E-state index contributed by atoms with van der Waals surface area (Å²) in [4.78, 5) is 0. The Morgan fingerprint density at radius 1 is 0.345 bits per heavy atom. The smallest absolute Gasteiger partial charge is 0.418 e. The molecule has 286 valence electrons. The molecule has 0 aliphatic carbocycles. The van der Waals surface area contributed by atoms with Gasteiger partial charge in [0.1, 0.15) is 0 Å². The Morgan fingerprint density at radius 2 is 0.509 bits per heavy atom. The molecule has 0 aromatic heterocycles. The van der Waals surface area contributed by atoms with E-state index >= 15 is 0 Å². The van der Waals surface area contributed by atoms with Crippen LogP contribution in [0.25, 0.3) is 0 Å². The fraction of sp³-hybridized carbons (Fsp3) is 0.0500. The molecule has 0 heterocycles. The summed E-state index contributed by atoms with van der Waals surface area (Å²) < 4.78 is 78.0. The zero-order chi connectivity index (χ0) is 39.7. The second-order valence-corrected chi connectivity index (χ2v) is 15.3. The molecule has 0 saturated carbocycles. The van der Waals surface area contributed by atoms with Crippen LogP contribution in [0, 0.1) is 22.7 Å². The molecule has 0 spiro atoms. The van der Waals surface area contributed by atoms with E-state index in [-0.39, 0.29) is 36.3 Å². The standard InChI is InChI=1S/C26H24P2.2C7H5N.2BF4.Pd/c1-5-13-23(14-6-1)27(24-15-7-2-8-16-24)21-22-28(25-17-9-3-10-18-25)26-19-11-4-12-20-26;2*8-6-7-4-2-1-3-5-7;2*2-1(3,4)5;/h1-20H,21-22H2;2*1-5H;;;/q;;;2*-1;+2. The Balaban J connectivity index is 0.000000453. The van der Waals surface area contributed by atoms with E-state index < -0.39 is 14.5 Å². The van der Waals surface area contributed by atoms with Gasteiger partial charge in [-0.1, -0.05) is 158 Å². The van der Waals surface area contributed by atoms with Crippen LogP contribution in [-0.4, -0.2) is 26.8 Å². The Hall–Kier alpha value is -4.61. The minimum Gasteiger partial charge on any atom is -0.418 e. The summed E-state index contributed by atoms with van der Waals surface area (Å²) in [7, 11) is -12.7. The van der Waals surface area contributed by atoms with Gasteiger partial charge in [-0.05, 0) is 73.7 Å². The van der Waals surface area contributed by atoms with Crippen molar-refractivity contribution >= 4 is 51.6 Å². The van der Waals surface area contributed by atoms with Crippen LogP contribution in [0.2, 0.25) is 0 Å². The van der Waals surface area contributed by atoms with Gasteiger partial charge < -0.3 is 34.5 Å². The van der Waals surface area contributed by atoms with Gasteiger partial charge in [0, 0.05) is 0 Å². The average Bonchev–Trinajstić information content (AvgIpc) is 3.18. The summed E-state index contributed by atoms with van der Waals surface area (Å²) in [5.41, 5.74) is 1.43. The van der Waals surface area contributed by atoms with E-state index in [0.29, 0.717) is 11.1 Å². The first-order valence-electron chi connectivity index (χ1n) is 16.2. The minimum atomic E-state index is -6.00. The summed E-state index contributed by atoms with van der Waals surface area (Å²) >= 11 is 0. The van der Waals surface area contributed by atoms with Gasteiger partial charge in [0.05, 0.1) is 23.3 Å². The zero-order valence-corrected chi connectivity index (χ0v) is 32.4. The fourth-order valence-corrected chi connectivity index (χ4v) is 9.83. The molecular formula is C40H34B2F8N2P2Pd. The fourth-order valence-electron chi connectivity index (χ4n) is 4.47. The first-order chi connectivity index (χ1) is 25.8. The molecule has 6 aromatic carbocycles. The molecule has 2 nitrogen and oxygen atoms in total. The third-order valence-corrected chi connectivity index (χ3v) is 12.0. The molecule has 0 atom stereocenters. The summed E-state index contributed by atoms with van der Waals surface area (Å²) in [6.07, 6.45) is 2.41. The average molecular weight is 885 g/mol. The van der Waals surface area contributed by atoms with Gasteiger partial charge in [-0.25, -0.2) is 0 Å². The van der Waals surface area contributed by atoms with E-state index in [1.807, 2.05) is 48.5 Å². The van der Waals surface area contributed by atoms with Gasteiger partial charge in [-0.15, -0.1) is 0 Å². The summed E-state index contributed by atoms with van der Waals surface area (Å²) in [6.45, 7) is 0. The van der Waals surface area contributed by atoms with Crippen molar-refractivity contribution < 1.29 is 54.9 Å². The SMILES string of the molecule is F[B-](F)(F)F.F[B-](F)(F)F.N#Cc1ccccc1.N#Cc1ccccc1.[Pd+2].c1ccc(P(CCP(c2ccccc2)c2ccccc2)c2ccccc2)cc1. The number of rotatable bonds is 7. The summed E-state index contributed by atoms with van der Waals surface area (Å²) in [6, 6.07) is 66.5. The summed E-state index contributed by atoms with van der Waals surface area (Å²) in [5, 5.41) is 22.5. The predicted molar refractivity (Wildman–Crippen MR) is 211 cm³/mol. The maximum absolute atomic E-state index is 9.75. The van der Waals surface area contributed by atoms with Crippen LogP contribution in [-0.2, 0) is 20.4 Å². The van der Waals surface area contributed by atoms with Crippen LogP contribution in [0.15, 0.2) is 182 Å². The molecule has 0 bridgehead atoms. The van der Waals surface area contributed by atoms with Crippen molar-refractivity contribution in [2.24, 2.45) is 0 Å².